The van der Waals surface area contributed by atoms with Crippen molar-refractivity contribution in [2.45, 2.75) is 53.7 Å². The number of aromatic nitrogens is 4. The van der Waals surface area contributed by atoms with Crippen LogP contribution in [-0.2, 0) is 14.3 Å². The van der Waals surface area contributed by atoms with Gasteiger partial charge in [-0.2, -0.15) is 5.10 Å². The third-order valence-corrected chi connectivity index (χ3v) is 4.78. The molecule has 0 fully saturated rings. The Bertz CT molecular complexity index is 1120. The summed E-state index contributed by atoms with van der Waals surface area (Å²) in [5, 5.41) is 10.6. The molecular weight excluding hydrogens is 398 g/mol. The Balaban J connectivity index is 1.68. The minimum Gasteiger partial charge on any atom is -0.449 e. The van der Waals surface area contributed by atoms with E-state index in [1.807, 2.05) is 30.7 Å². The summed E-state index contributed by atoms with van der Waals surface area (Å²) in [6.07, 6.45) is 3.79. The third-order valence-electron chi connectivity index (χ3n) is 4.78. The van der Waals surface area contributed by atoms with Crippen molar-refractivity contribution in [3.8, 4) is 5.82 Å². The molecule has 1 N–H and O–H groups in total. The van der Waals surface area contributed by atoms with Crippen LogP contribution < -0.4 is 5.32 Å². The molecule has 0 bridgehead atoms. The largest absolute Gasteiger partial charge is 0.449 e. The highest BCUT2D eigenvalue weighted by atomic mass is 16.5. The van der Waals surface area contributed by atoms with Crippen LogP contribution >= 0.6 is 0 Å². The zero-order chi connectivity index (χ0) is 22.7. The van der Waals surface area contributed by atoms with Crippen LogP contribution in [0.2, 0.25) is 0 Å². The summed E-state index contributed by atoms with van der Waals surface area (Å²) in [6, 6.07) is 5.74. The fourth-order valence-electron chi connectivity index (χ4n) is 3.27. The fraction of sp³-hybridized carbons (Fsp3) is 0.364. The van der Waals surface area contributed by atoms with Crippen LogP contribution in [-0.4, -0.2) is 37.5 Å². The van der Waals surface area contributed by atoms with E-state index in [4.69, 9.17) is 9.26 Å². The first-order chi connectivity index (χ1) is 14.7. The highest BCUT2D eigenvalue weighted by Crippen LogP contribution is 2.23. The van der Waals surface area contributed by atoms with Gasteiger partial charge in [0.2, 0.25) is 0 Å². The molecule has 9 heteroatoms. The Hall–Kier alpha value is -3.62. The van der Waals surface area contributed by atoms with Crippen LogP contribution in [0.5, 0.6) is 0 Å². The molecule has 0 spiro atoms. The number of nitrogens with one attached hydrogen (secondary N) is 1. The van der Waals surface area contributed by atoms with Gasteiger partial charge in [-0.1, -0.05) is 5.16 Å². The minimum absolute atomic E-state index is 0.217. The molecule has 0 aromatic carbocycles. The quantitative estimate of drug-likeness (QED) is 0.457. The maximum Gasteiger partial charge on any atom is 0.331 e. The van der Waals surface area contributed by atoms with Gasteiger partial charge < -0.3 is 19.1 Å². The number of carbonyl (C=O) groups is 2. The smallest absolute Gasteiger partial charge is 0.331 e. The summed E-state index contributed by atoms with van der Waals surface area (Å²) in [5.74, 6) is 0.692. The van der Waals surface area contributed by atoms with E-state index >= 15 is 0 Å². The van der Waals surface area contributed by atoms with Crippen molar-refractivity contribution in [2.75, 3.05) is 5.32 Å². The van der Waals surface area contributed by atoms with Gasteiger partial charge in [0.1, 0.15) is 11.6 Å². The van der Waals surface area contributed by atoms with Crippen molar-refractivity contribution in [3.63, 3.8) is 0 Å². The van der Waals surface area contributed by atoms with Crippen molar-refractivity contribution in [3.05, 3.63) is 53.2 Å². The van der Waals surface area contributed by atoms with Gasteiger partial charge in [0.15, 0.2) is 11.9 Å². The van der Waals surface area contributed by atoms with Crippen LogP contribution in [0.1, 0.15) is 49.5 Å². The topological polar surface area (TPSA) is 104 Å². The zero-order valence-corrected chi connectivity index (χ0v) is 18.5. The van der Waals surface area contributed by atoms with Gasteiger partial charge in [-0.15, -0.1) is 0 Å². The van der Waals surface area contributed by atoms with E-state index in [1.165, 1.54) is 13.0 Å². The van der Waals surface area contributed by atoms with Gasteiger partial charge in [-0.25, -0.2) is 9.48 Å². The van der Waals surface area contributed by atoms with Gasteiger partial charge >= 0.3 is 5.97 Å². The molecule has 9 nitrogen and oxygen atoms in total. The number of esters is 1. The molecule has 0 aliphatic heterocycles. The summed E-state index contributed by atoms with van der Waals surface area (Å²) in [7, 11) is 0. The molecule has 0 aliphatic carbocycles. The Morgan fingerprint density at radius 2 is 1.94 bits per heavy atom. The van der Waals surface area contributed by atoms with Crippen LogP contribution in [0.3, 0.4) is 0 Å². The minimum atomic E-state index is -0.984. The maximum absolute atomic E-state index is 12.2. The molecule has 164 valence electrons. The third kappa shape index (κ3) is 4.93. The van der Waals surface area contributed by atoms with Crippen molar-refractivity contribution in [1.82, 2.24) is 19.5 Å². The lowest BCUT2D eigenvalue weighted by Crippen LogP contribution is -2.29. The Labute approximate surface area is 180 Å². The molecule has 3 aromatic heterocycles. The molecule has 3 heterocycles. The van der Waals surface area contributed by atoms with E-state index < -0.39 is 18.0 Å². The average Bonchev–Trinajstić information content (AvgIpc) is 3.39. The number of amides is 1. The van der Waals surface area contributed by atoms with Crippen molar-refractivity contribution in [2.24, 2.45) is 0 Å². The predicted octanol–water partition coefficient (Wildman–Crippen LogP) is 3.75. The number of nitrogens with zero attached hydrogens (tertiary/aromatic N) is 4. The lowest BCUT2D eigenvalue weighted by molar-refractivity contribution is -0.148. The molecule has 3 rings (SSSR count). The van der Waals surface area contributed by atoms with E-state index in [9.17, 15) is 9.59 Å². The molecule has 31 heavy (non-hydrogen) atoms. The van der Waals surface area contributed by atoms with Gasteiger partial charge in [0.25, 0.3) is 5.91 Å². The fourth-order valence-corrected chi connectivity index (χ4v) is 3.27. The number of rotatable bonds is 7. The second-order valence-corrected chi connectivity index (χ2v) is 7.61. The summed E-state index contributed by atoms with van der Waals surface area (Å²) in [6.45, 7) is 11.3. The average molecular weight is 425 g/mol. The highest BCUT2D eigenvalue weighted by Gasteiger charge is 2.19. The number of ether oxygens (including phenoxy) is 1. The number of aryl methyl sites for hydroxylation is 2. The molecule has 0 radical (unpaired) electrons. The van der Waals surface area contributed by atoms with E-state index in [2.05, 4.69) is 34.0 Å². The molecule has 0 unspecified atom stereocenters. The van der Waals surface area contributed by atoms with E-state index in [0.717, 1.165) is 22.8 Å². The van der Waals surface area contributed by atoms with Gasteiger partial charge in [0, 0.05) is 35.6 Å². The lowest BCUT2D eigenvalue weighted by Gasteiger charge is -2.15. The summed E-state index contributed by atoms with van der Waals surface area (Å²) in [5.41, 5.74) is 2.86. The van der Waals surface area contributed by atoms with Crippen LogP contribution in [0.15, 0.2) is 35.0 Å². The summed E-state index contributed by atoms with van der Waals surface area (Å²) < 4.78 is 14.1. The van der Waals surface area contributed by atoms with Crippen LogP contribution in [0.4, 0.5) is 5.82 Å². The first kappa shape index (κ1) is 22.1. The van der Waals surface area contributed by atoms with Crippen LogP contribution in [0, 0.1) is 20.8 Å². The molecule has 1 atom stereocenters. The second kappa shape index (κ2) is 9.03. The zero-order valence-electron chi connectivity index (χ0n) is 18.5. The SMILES string of the molecule is Cc1cc(NC(=O)[C@H](C)OC(=O)/C=C/c2cc(C)n(-c3ccnn3C(C)C)c2C)no1. The predicted molar refractivity (Wildman–Crippen MR) is 116 cm³/mol. The molecule has 0 aliphatic rings. The molecule has 0 saturated heterocycles. The van der Waals surface area contributed by atoms with Gasteiger partial charge in [0.05, 0.1) is 6.20 Å². The molecule has 3 aromatic rings. The van der Waals surface area contributed by atoms with E-state index in [-0.39, 0.29) is 11.9 Å². The number of anilines is 1. The molecule has 1 amide bonds. The monoisotopic (exact) mass is 425 g/mol. The Kier molecular flexibility index (Phi) is 6.43. The number of hydrogen-bond donors (Lipinski definition) is 1. The van der Waals surface area contributed by atoms with Crippen LogP contribution in [0.25, 0.3) is 11.9 Å². The number of carbonyl (C=O) groups excluding carboxylic acids is 2. The highest BCUT2D eigenvalue weighted by molar-refractivity contribution is 5.96. The molecule has 0 saturated carbocycles. The van der Waals surface area contributed by atoms with Crippen molar-refractivity contribution in [1.29, 1.82) is 0 Å². The van der Waals surface area contributed by atoms with E-state index in [0.29, 0.717) is 5.76 Å². The van der Waals surface area contributed by atoms with Crippen molar-refractivity contribution >= 4 is 23.8 Å². The molecular formula is C22H27N5O4. The standard InChI is InChI=1S/C22H27N5O4/c1-13(2)27-20(9-10-23-27)26-14(3)11-18(16(26)5)7-8-21(28)30-17(6)22(29)24-19-12-15(4)31-25-19/h7-13,17H,1-6H3,(H,24,25,29)/b8-7+/t17-/m0/s1. The first-order valence-corrected chi connectivity index (χ1v) is 10.0. The first-order valence-electron chi connectivity index (χ1n) is 10.0. The van der Waals surface area contributed by atoms with Gasteiger partial charge in [-0.3, -0.25) is 4.79 Å². The Morgan fingerprint density at radius 3 is 2.58 bits per heavy atom. The number of hydrogen-bond acceptors (Lipinski definition) is 6. The van der Waals surface area contributed by atoms with E-state index in [1.54, 1.807) is 25.3 Å². The van der Waals surface area contributed by atoms with Gasteiger partial charge in [-0.05, 0) is 59.2 Å². The normalized spacial score (nSPS) is 12.5. The summed E-state index contributed by atoms with van der Waals surface area (Å²) in [4.78, 5) is 24.4. The maximum atomic E-state index is 12.2. The van der Waals surface area contributed by atoms with Crippen molar-refractivity contribution < 1.29 is 18.8 Å². The lowest BCUT2D eigenvalue weighted by atomic mass is 10.2. The second-order valence-electron chi connectivity index (χ2n) is 7.61. The Morgan fingerprint density at radius 1 is 1.19 bits per heavy atom. The summed E-state index contributed by atoms with van der Waals surface area (Å²) >= 11 is 0.